The monoisotopic (exact) mass is 430 g/mol. The molecule has 0 spiro atoms. The summed E-state index contributed by atoms with van der Waals surface area (Å²) in [5.41, 5.74) is 7.48. The maximum atomic E-state index is 12.4. The summed E-state index contributed by atoms with van der Waals surface area (Å²) in [5, 5.41) is 12.0. The van der Waals surface area contributed by atoms with Crippen molar-refractivity contribution < 1.29 is 14.5 Å². The molecule has 10 heteroatoms. The number of hydrogen-bond acceptors (Lipinski definition) is 9. The minimum Gasteiger partial charge on any atom is -0.383 e. The number of nitro groups is 1. The Morgan fingerprint density at radius 1 is 1.34 bits per heavy atom. The van der Waals surface area contributed by atoms with Gasteiger partial charge in [-0.25, -0.2) is 9.97 Å². The number of carbonyl (C=O) groups excluding carboxylic acids is 1. The molecule has 29 heavy (non-hydrogen) atoms. The molecule has 0 radical (unpaired) electrons. The summed E-state index contributed by atoms with van der Waals surface area (Å²) in [6.07, 6.45) is 0.751. The number of nitrogen functional groups attached to an aromatic ring is 1. The molecule has 2 N–H and O–H groups in total. The molecule has 0 unspecified atom stereocenters. The molecule has 8 nitrogen and oxygen atoms in total. The number of thiophene rings is 1. The van der Waals surface area contributed by atoms with Crippen LogP contribution < -0.4 is 5.73 Å². The van der Waals surface area contributed by atoms with Crippen molar-refractivity contribution in [1.29, 1.82) is 0 Å². The van der Waals surface area contributed by atoms with E-state index in [0.717, 1.165) is 27.1 Å². The second-order valence-electron chi connectivity index (χ2n) is 7.32. The van der Waals surface area contributed by atoms with E-state index in [1.54, 1.807) is 11.3 Å². The third-order valence-electron chi connectivity index (χ3n) is 4.67. The molecule has 0 saturated carbocycles. The number of benzene rings is 1. The fraction of sp³-hybridized carbons (Fsp3) is 0.316. The first-order valence-electron chi connectivity index (χ1n) is 8.86. The topological polar surface area (TPSA) is 121 Å². The van der Waals surface area contributed by atoms with Gasteiger partial charge in [0.05, 0.1) is 28.3 Å². The van der Waals surface area contributed by atoms with Crippen LogP contribution in [0.5, 0.6) is 0 Å². The smallest absolute Gasteiger partial charge is 0.269 e. The van der Waals surface area contributed by atoms with Gasteiger partial charge in [0.15, 0.2) is 10.9 Å². The summed E-state index contributed by atoms with van der Waals surface area (Å²) in [4.78, 5) is 33.5. The second kappa shape index (κ2) is 7.36. The van der Waals surface area contributed by atoms with Crippen LogP contribution in [0.15, 0.2) is 29.4 Å². The van der Waals surface area contributed by atoms with E-state index >= 15 is 0 Å². The van der Waals surface area contributed by atoms with Crippen LogP contribution in [0.1, 0.15) is 34.6 Å². The summed E-state index contributed by atoms with van der Waals surface area (Å²) >= 11 is 2.74. The van der Waals surface area contributed by atoms with E-state index in [-0.39, 0.29) is 22.8 Å². The Morgan fingerprint density at radius 2 is 2.07 bits per heavy atom. The van der Waals surface area contributed by atoms with Crippen LogP contribution in [0.4, 0.5) is 11.5 Å². The summed E-state index contributed by atoms with van der Waals surface area (Å²) < 4.78 is 5.87. The molecule has 150 valence electrons. The molecule has 0 atom stereocenters. The predicted octanol–water partition coefficient (Wildman–Crippen LogP) is 4.01. The zero-order valence-corrected chi connectivity index (χ0v) is 17.4. The molecule has 3 heterocycles. The Hall–Kier alpha value is -2.56. The maximum Gasteiger partial charge on any atom is 0.269 e. The lowest BCUT2D eigenvalue weighted by Crippen LogP contribution is -2.31. The molecule has 0 aliphatic carbocycles. The highest BCUT2D eigenvalue weighted by Gasteiger charge is 2.30. The first-order chi connectivity index (χ1) is 13.7. The van der Waals surface area contributed by atoms with Crippen molar-refractivity contribution in [2.45, 2.75) is 37.6 Å². The molecule has 0 bridgehead atoms. The molecule has 3 aromatic rings. The van der Waals surface area contributed by atoms with Gasteiger partial charge in [-0.2, -0.15) is 0 Å². The Morgan fingerprint density at radius 3 is 2.76 bits per heavy atom. The minimum absolute atomic E-state index is 0.0513. The van der Waals surface area contributed by atoms with Gasteiger partial charge in [-0.05, 0) is 31.5 Å². The van der Waals surface area contributed by atoms with E-state index in [4.69, 9.17) is 10.5 Å². The molecular weight excluding hydrogens is 412 g/mol. The van der Waals surface area contributed by atoms with E-state index in [1.165, 1.54) is 36.0 Å². The summed E-state index contributed by atoms with van der Waals surface area (Å²) in [6, 6.07) is 5.54. The normalized spacial score (nSPS) is 15.2. The van der Waals surface area contributed by atoms with Crippen molar-refractivity contribution in [2.24, 2.45) is 0 Å². The van der Waals surface area contributed by atoms with Crippen molar-refractivity contribution in [2.75, 3.05) is 11.5 Å². The quantitative estimate of drug-likeness (QED) is 0.212. The van der Waals surface area contributed by atoms with Gasteiger partial charge in [-0.1, -0.05) is 11.8 Å². The number of carbonyl (C=O) groups is 1. The number of thioether (sulfide) groups is 1. The van der Waals surface area contributed by atoms with Crippen LogP contribution in [0.3, 0.4) is 0 Å². The van der Waals surface area contributed by atoms with Crippen molar-refractivity contribution in [1.82, 2.24) is 9.97 Å². The van der Waals surface area contributed by atoms with E-state index < -0.39 is 4.92 Å². The summed E-state index contributed by atoms with van der Waals surface area (Å²) in [7, 11) is 0. The summed E-state index contributed by atoms with van der Waals surface area (Å²) in [6.45, 7) is 4.62. The molecule has 0 fully saturated rings. The number of Topliss-reactive ketones (excluding diaryl/α,β-unsaturated/α-hetero) is 1. The lowest BCUT2D eigenvalue weighted by molar-refractivity contribution is -0.384. The molecular formula is C19H18N4O4S2. The third-order valence-corrected chi connectivity index (χ3v) is 6.62. The van der Waals surface area contributed by atoms with Crippen LogP contribution in [0.2, 0.25) is 0 Å². The van der Waals surface area contributed by atoms with Gasteiger partial charge in [-0.3, -0.25) is 14.9 Å². The molecule has 1 aliphatic heterocycles. The van der Waals surface area contributed by atoms with Crippen molar-refractivity contribution in [3.8, 4) is 0 Å². The van der Waals surface area contributed by atoms with E-state index in [1.807, 2.05) is 13.8 Å². The number of nitrogens with two attached hydrogens (primary N) is 1. The highest BCUT2D eigenvalue weighted by atomic mass is 32.2. The first kappa shape index (κ1) is 19.7. The zero-order chi connectivity index (χ0) is 20.8. The number of rotatable bonds is 5. The number of fused-ring (bicyclic) bond motifs is 3. The van der Waals surface area contributed by atoms with Crippen molar-refractivity contribution in [3.63, 3.8) is 0 Å². The number of aromatic nitrogens is 2. The first-order valence-corrected chi connectivity index (χ1v) is 10.7. The average molecular weight is 431 g/mol. The third kappa shape index (κ3) is 3.96. The number of anilines is 1. The Balaban J connectivity index is 1.53. The molecule has 2 aromatic heterocycles. The van der Waals surface area contributed by atoms with E-state index in [0.29, 0.717) is 23.1 Å². The average Bonchev–Trinajstić information content (AvgIpc) is 3.03. The lowest BCUT2D eigenvalue weighted by atomic mass is 9.94. The van der Waals surface area contributed by atoms with Crippen LogP contribution >= 0.6 is 23.1 Å². The Kier molecular flexibility index (Phi) is 5.01. The van der Waals surface area contributed by atoms with Crippen molar-refractivity contribution >= 4 is 50.6 Å². The van der Waals surface area contributed by atoms with Gasteiger partial charge < -0.3 is 10.5 Å². The van der Waals surface area contributed by atoms with Gasteiger partial charge in [0.1, 0.15) is 10.6 Å². The van der Waals surface area contributed by atoms with Crippen LogP contribution in [0.25, 0.3) is 10.2 Å². The molecule has 0 saturated heterocycles. The van der Waals surface area contributed by atoms with Gasteiger partial charge in [-0.15, -0.1) is 11.3 Å². The molecule has 0 amide bonds. The van der Waals surface area contributed by atoms with Gasteiger partial charge in [0.2, 0.25) is 0 Å². The zero-order valence-electron chi connectivity index (χ0n) is 15.8. The predicted molar refractivity (Wildman–Crippen MR) is 113 cm³/mol. The maximum absolute atomic E-state index is 12.4. The molecule has 1 aromatic carbocycles. The number of non-ortho nitro benzene ring substituents is 1. The lowest BCUT2D eigenvalue weighted by Gasteiger charge is -2.30. The summed E-state index contributed by atoms with van der Waals surface area (Å²) in [5.74, 6) is 0.368. The SMILES string of the molecule is CC1(C)Cc2c(sc3nc(SCC(=O)c4ccc([N+](=O)[O-])cc4)nc(N)c23)CO1. The number of ketones is 1. The largest absolute Gasteiger partial charge is 0.383 e. The number of nitro benzene ring substituents is 1. The van der Waals surface area contributed by atoms with E-state index in [2.05, 4.69) is 9.97 Å². The minimum atomic E-state index is -0.498. The number of hydrogen-bond donors (Lipinski definition) is 1. The number of ether oxygens (including phenoxy) is 1. The van der Waals surface area contributed by atoms with Crippen LogP contribution in [0, 0.1) is 10.1 Å². The fourth-order valence-corrected chi connectivity index (χ4v) is 5.11. The van der Waals surface area contributed by atoms with Gasteiger partial charge in [0.25, 0.3) is 5.69 Å². The van der Waals surface area contributed by atoms with E-state index in [9.17, 15) is 14.9 Å². The number of nitrogens with zero attached hydrogens (tertiary/aromatic N) is 3. The van der Waals surface area contributed by atoms with Crippen molar-refractivity contribution in [3.05, 3.63) is 50.4 Å². The van der Waals surface area contributed by atoms with Gasteiger partial charge in [0, 0.05) is 29.0 Å². The second-order valence-corrected chi connectivity index (χ2v) is 9.34. The highest BCUT2D eigenvalue weighted by molar-refractivity contribution is 7.99. The fourth-order valence-electron chi connectivity index (χ4n) is 3.20. The van der Waals surface area contributed by atoms with Gasteiger partial charge >= 0.3 is 0 Å². The molecule has 1 aliphatic rings. The van der Waals surface area contributed by atoms with Crippen LogP contribution in [-0.4, -0.2) is 32.0 Å². The Labute approximate surface area is 174 Å². The molecule has 4 rings (SSSR count). The Bertz CT molecular complexity index is 1130. The standard InChI is InChI=1S/C19H18N4O4S2/c1-19(2)7-12-14(8-27-19)29-17-15(12)16(20)21-18(22-17)28-9-13(24)10-3-5-11(6-4-10)23(25)26/h3-6H,7-9H2,1-2H3,(H2,20,21,22). The highest BCUT2D eigenvalue weighted by Crippen LogP contribution is 2.40. The van der Waals surface area contributed by atoms with Crippen LogP contribution in [-0.2, 0) is 17.8 Å².